The molecule has 0 aliphatic rings. The summed E-state index contributed by atoms with van der Waals surface area (Å²) in [4.78, 5) is 9.21. The van der Waals surface area contributed by atoms with Gasteiger partial charge in [0.1, 0.15) is 0 Å². The summed E-state index contributed by atoms with van der Waals surface area (Å²) in [7, 11) is 0. The summed E-state index contributed by atoms with van der Waals surface area (Å²) >= 11 is 0.296. The van der Waals surface area contributed by atoms with Gasteiger partial charge < -0.3 is 5.11 Å². The van der Waals surface area contributed by atoms with Gasteiger partial charge in [-0.3, -0.25) is 16.8 Å². The number of carboxylic acid groups (broad SMARTS) is 1. The Bertz CT molecular complexity index is 48.2. The van der Waals surface area contributed by atoms with Crippen LogP contribution in [0.1, 0.15) is 0 Å². The van der Waals surface area contributed by atoms with Gasteiger partial charge in [-0.1, -0.05) is 0 Å². The molecule has 6 heteroatoms. The number of hydrogen-bond donors (Lipinski definition) is 4. The van der Waals surface area contributed by atoms with E-state index < -0.39 is 5.30 Å². The van der Waals surface area contributed by atoms with Gasteiger partial charge in [0.15, 0.2) is 0 Å². The van der Waals surface area contributed by atoms with Gasteiger partial charge in [-0.25, -0.2) is 4.79 Å². The van der Waals surface area contributed by atoms with E-state index in [9.17, 15) is 4.79 Å². The lowest BCUT2D eigenvalue weighted by molar-refractivity contribution is 0.222. The van der Waals surface area contributed by atoms with Crippen molar-refractivity contribution in [3.05, 3.63) is 0 Å². The Hall–Kier alpha value is -0.300. The third kappa shape index (κ3) is 27.0. The summed E-state index contributed by atoms with van der Waals surface area (Å²) in [6.45, 7) is 0. The fraction of sp³-hybridized carbons (Fsp3) is 0. The van der Waals surface area contributed by atoms with Gasteiger partial charge in [-0.2, -0.15) is 0 Å². The SMILES string of the molecule is NN.NSC(=O)O. The highest BCUT2D eigenvalue weighted by atomic mass is 32.2. The topological polar surface area (TPSA) is 115 Å². The Morgan fingerprint density at radius 3 is 1.71 bits per heavy atom. The van der Waals surface area contributed by atoms with Crippen molar-refractivity contribution >= 4 is 17.2 Å². The third-order valence-corrected chi connectivity index (χ3v) is 0.302. The minimum atomic E-state index is -1.05. The Morgan fingerprint density at radius 2 is 1.71 bits per heavy atom. The lowest BCUT2D eigenvalue weighted by atomic mass is 11.6. The molecule has 0 saturated carbocycles. The third-order valence-electron chi connectivity index (χ3n) is 0.101. The minimum Gasteiger partial charge on any atom is -0.472 e. The number of carbonyl (C=O) groups is 1. The second kappa shape index (κ2) is 9.20. The zero-order valence-corrected chi connectivity index (χ0v) is 4.31. The van der Waals surface area contributed by atoms with Crippen molar-refractivity contribution in [1.29, 1.82) is 0 Å². The summed E-state index contributed by atoms with van der Waals surface area (Å²) < 4.78 is 0. The highest BCUT2D eigenvalue weighted by molar-refractivity contribution is 8.11. The molecule has 0 radical (unpaired) electrons. The van der Waals surface area contributed by atoms with E-state index in [1.165, 1.54) is 0 Å². The molecule has 0 bridgehead atoms. The van der Waals surface area contributed by atoms with Crippen LogP contribution >= 0.6 is 11.9 Å². The first kappa shape index (κ1) is 9.85. The average Bonchev–Trinajstić information content (AvgIpc) is 1.73. The fourth-order valence-electron chi connectivity index (χ4n) is 0. The molecule has 7 N–H and O–H groups in total. The van der Waals surface area contributed by atoms with Crippen LogP contribution in [0.25, 0.3) is 0 Å². The van der Waals surface area contributed by atoms with Crippen molar-refractivity contribution < 1.29 is 9.90 Å². The highest BCUT2D eigenvalue weighted by Gasteiger charge is 1.82. The first-order valence-corrected chi connectivity index (χ1v) is 2.08. The molecule has 0 spiro atoms. The molecule has 0 saturated heterocycles. The lowest BCUT2D eigenvalue weighted by Crippen LogP contribution is -2.02. The predicted octanol–water partition coefficient (Wildman–Crippen LogP) is -0.910. The monoisotopic (exact) mass is 125 g/mol. The van der Waals surface area contributed by atoms with E-state index in [4.69, 9.17) is 5.11 Å². The predicted molar refractivity (Wildman–Crippen MR) is 28.2 cm³/mol. The normalized spacial score (nSPS) is 6.14. The molecule has 0 aliphatic carbocycles. The quantitative estimate of drug-likeness (QED) is 0.189. The molecule has 0 aromatic rings. The van der Waals surface area contributed by atoms with Crippen LogP contribution in [0.4, 0.5) is 4.79 Å². The zero-order chi connectivity index (χ0) is 6.28. The van der Waals surface area contributed by atoms with Gasteiger partial charge in [0.05, 0.1) is 0 Å². The fourth-order valence-corrected chi connectivity index (χ4v) is 0. The Balaban J connectivity index is 0. The van der Waals surface area contributed by atoms with E-state index >= 15 is 0 Å². The molecule has 0 aromatic heterocycles. The Labute approximate surface area is 44.9 Å². The Morgan fingerprint density at radius 1 is 1.57 bits per heavy atom. The second-order valence-corrected chi connectivity index (χ2v) is 0.969. The van der Waals surface area contributed by atoms with Gasteiger partial charge in [0, 0.05) is 11.9 Å². The zero-order valence-electron chi connectivity index (χ0n) is 3.50. The molecule has 0 amide bonds. The molecular formula is CH7N3O2S. The molecule has 7 heavy (non-hydrogen) atoms. The van der Waals surface area contributed by atoms with Crippen molar-refractivity contribution in [2.75, 3.05) is 0 Å². The molecule has 5 nitrogen and oxygen atoms in total. The highest BCUT2D eigenvalue weighted by Crippen LogP contribution is 1.81. The van der Waals surface area contributed by atoms with E-state index in [-0.39, 0.29) is 0 Å². The van der Waals surface area contributed by atoms with E-state index in [0.717, 1.165) is 0 Å². The van der Waals surface area contributed by atoms with Crippen molar-refractivity contribution in [2.24, 2.45) is 16.8 Å². The van der Waals surface area contributed by atoms with E-state index in [1.807, 2.05) is 0 Å². The van der Waals surface area contributed by atoms with Crippen LogP contribution in [0.2, 0.25) is 0 Å². The lowest BCUT2D eigenvalue weighted by Gasteiger charge is -1.71. The van der Waals surface area contributed by atoms with Crippen LogP contribution in [-0.2, 0) is 0 Å². The molecule has 0 fully saturated rings. The van der Waals surface area contributed by atoms with E-state index in [1.54, 1.807) is 0 Å². The van der Waals surface area contributed by atoms with Crippen LogP contribution < -0.4 is 16.8 Å². The smallest absolute Gasteiger partial charge is 0.379 e. The maximum Gasteiger partial charge on any atom is 0.379 e. The maximum atomic E-state index is 9.21. The van der Waals surface area contributed by atoms with Crippen molar-refractivity contribution in [3.8, 4) is 0 Å². The maximum absolute atomic E-state index is 9.21. The number of hydrazine groups is 1. The molecule has 0 atom stereocenters. The van der Waals surface area contributed by atoms with Gasteiger partial charge in [-0.05, 0) is 0 Å². The van der Waals surface area contributed by atoms with Gasteiger partial charge >= 0.3 is 5.30 Å². The van der Waals surface area contributed by atoms with Gasteiger partial charge in [0.2, 0.25) is 0 Å². The summed E-state index contributed by atoms with van der Waals surface area (Å²) in [6.07, 6.45) is 0. The largest absolute Gasteiger partial charge is 0.472 e. The van der Waals surface area contributed by atoms with E-state index in [0.29, 0.717) is 11.9 Å². The molecule has 44 valence electrons. The number of rotatable bonds is 0. The molecule has 0 rings (SSSR count). The standard InChI is InChI=1S/CH3NO2S.H4N2/c2-5-1(3)4;1-2/h2H2,(H,3,4);1-2H2. The molecule has 0 aromatic carbocycles. The Kier molecular flexibility index (Phi) is 12.9. The number of nitrogens with two attached hydrogens (primary N) is 3. The second-order valence-electron chi connectivity index (χ2n) is 0.384. The van der Waals surface area contributed by atoms with Crippen LogP contribution in [0.5, 0.6) is 0 Å². The van der Waals surface area contributed by atoms with Gasteiger partial charge in [0.25, 0.3) is 0 Å². The minimum absolute atomic E-state index is 0.296. The van der Waals surface area contributed by atoms with E-state index in [2.05, 4.69) is 16.8 Å². The summed E-state index contributed by atoms with van der Waals surface area (Å²) in [5.74, 6) is 8.00. The van der Waals surface area contributed by atoms with Crippen molar-refractivity contribution in [3.63, 3.8) is 0 Å². The van der Waals surface area contributed by atoms with Crippen LogP contribution in [0, 0.1) is 0 Å². The van der Waals surface area contributed by atoms with Gasteiger partial charge in [-0.15, -0.1) is 0 Å². The summed E-state index contributed by atoms with van der Waals surface area (Å²) in [6, 6.07) is 0. The molecule has 0 heterocycles. The molecule has 0 aliphatic heterocycles. The van der Waals surface area contributed by atoms with Crippen LogP contribution in [0.15, 0.2) is 0 Å². The first-order valence-electron chi connectivity index (χ1n) is 1.20. The van der Waals surface area contributed by atoms with Crippen LogP contribution in [-0.4, -0.2) is 10.4 Å². The van der Waals surface area contributed by atoms with Crippen molar-refractivity contribution in [2.45, 2.75) is 0 Å². The van der Waals surface area contributed by atoms with Crippen LogP contribution in [0.3, 0.4) is 0 Å². The summed E-state index contributed by atoms with van der Waals surface area (Å²) in [5.41, 5.74) is 0. The number of hydrogen-bond acceptors (Lipinski definition) is 5. The van der Waals surface area contributed by atoms with Crippen molar-refractivity contribution in [1.82, 2.24) is 0 Å². The molecule has 0 unspecified atom stereocenters. The average molecular weight is 125 g/mol. The summed E-state index contributed by atoms with van der Waals surface area (Å²) in [5, 5.41) is 11.0. The first-order chi connectivity index (χ1) is 3.27. The molecular weight excluding hydrogens is 118 g/mol.